The van der Waals surface area contributed by atoms with E-state index in [4.69, 9.17) is 9.15 Å². The lowest BCUT2D eigenvalue weighted by Gasteiger charge is -2.15. The molecule has 1 amide bonds. The molecule has 7 heteroatoms. The molecular weight excluding hydrogens is 400 g/mol. The van der Waals surface area contributed by atoms with Crippen LogP contribution < -0.4 is 5.32 Å². The van der Waals surface area contributed by atoms with E-state index in [0.29, 0.717) is 16.9 Å². The molecule has 0 aliphatic carbocycles. The van der Waals surface area contributed by atoms with Crippen molar-refractivity contribution in [3.63, 3.8) is 0 Å². The molecule has 0 aliphatic rings. The lowest BCUT2D eigenvalue weighted by Crippen LogP contribution is -2.42. The van der Waals surface area contributed by atoms with Crippen LogP contribution >= 0.6 is 15.9 Å². The number of fused-ring (bicyclic) bond motifs is 1. The summed E-state index contributed by atoms with van der Waals surface area (Å²) in [6.07, 6.45) is 5.00. The van der Waals surface area contributed by atoms with Crippen molar-refractivity contribution in [3.8, 4) is 0 Å². The number of carbonyl (C=O) groups excluding carboxylic acids is 2. The molecule has 134 valence electrons. The maximum absolute atomic E-state index is 12.2. The van der Waals surface area contributed by atoms with Gasteiger partial charge in [-0.15, -0.1) is 0 Å². The first kappa shape index (κ1) is 18.0. The van der Waals surface area contributed by atoms with E-state index < -0.39 is 17.9 Å². The summed E-state index contributed by atoms with van der Waals surface area (Å²) in [5.74, 6) is -0.385. The molecule has 0 saturated carbocycles. The van der Waals surface area contributed by atoms with E-state index in [2.05, 4.69) is 26.2 Å². The fourth-order valence-corrected chi connectivity index (χ4v) is 2.97. The van der Waals surface area contributed by atoms with Crippen molar-refractivity contribution in [3.05, 3.63) is 64.7 Å². The van der Waals surface area contributed by atoms with Gasteiger partial charge in [-0.2, -0.15) is 0 Å². The van der Waals surface area contributed by atoms with E-state index in [1.165, 1.54) is 19.3 Å². The van der Waals surface area contributed by atoms with Crippen molar-refractivity contribution in [2.45, 2.75) is 12.5 Å². The standard InChI is InChI=1S/C19H17BrN2O4/c1-25-19(24)16(10-12-11-21-15-5-3-2-4-14(12)15)22-18(23)9-7-13-6-8-17(20)26-13/h2-9,11,16,21H,10H2,1H3,(H,22,23)/b9-7+. The zero-order chi connectivity index (χ0) is 18.5. The summed E-state index contributed by atoms with van der Waals surface area (Å²) in [6, 6.07) is 10.4. The fourth-order valence-electron chi connectivity index (χ4n) is 2.65. The number of para-hydroxylation sites is 1. The number of aromatic nitrogens is 1. The Hall–Kier alpha value is -2.80. The monoisotopic (exact) mass is 416 g/mol. The molecule has 2 aromatic heterocycles. The molecule has 0 radical (unpaired) electrons. The molecule has 0 aliphatic heterocycles. The first-order valence-electron chi connectivity index (χ1n) is 7.93. The minimum Gasteiger partial charge on any atom is -0.467 e. The van der Waals surface area contributed by atoms with E-state index in [9.17, 15) is 9.59 Å². The summed E-state index contributed by atoms with van der Waals surface area (Å²) in [4.78, 5) is 27.4. The molecule has 1 unspecified atom stereocenters. The summed E-state index contributed by atoms with van der Waals surface area (Å²) < 4.78 is 10.7. The van der Waals surface area contributed by atoms with Crippen LogP contribution in [-0.2, 0) is 20.7 Å². The molecule has 6 nitrogen and oxygen atoms in total. The van der Waals surface area contributed by atoms with Gasteiger partial charge in [0, 0.05) is 29.6 Å². The van der Waals surface area contributed by atoms with Crippen LogP contribution in [-0.4, -0.2) is 30.0 Å². The Bertz CT molecular complexity index is 957. The zero-order valence-corrected chi connectivity index (χ0v) is 15.6. The molecule has 0 spiro atoms. The van der Waals surface area contributed by atoms with E-state index >= 15 is 0 Å². The van der Waals surface area contributed by atoms with Gasteiger partial charge in [-0.3, -0.25) is 4.79 Å². The van der Waals surface area contributed by atoms with Gasteiger partial charge < -0.3 is 19.5 Å². The Morgan fingerprint density at radius 3 is 2.85 bits per heavy atom. The molecule has 3 rings (SSSR count). The molecular formula is C19H17BrN2O4. The Labute approximate surface area is 158 Å². The van der Waals surface area contributed by atoms with Crippen LogP contribution in [0.2, 0.25) is 0 Å². The number of carbonyl (C=O) groups is 2. The van der Waals surface area contributed by atoms with E-state index in [0.717, 1.165) is 16.5 Å². The summed E-state index contributed by atoms with van der Waals surface area (Å²) in [5.41, 5.74) is 1.90. The normalized spacial score (nSPS) is 12.4. The van der Waals surface area contributed by atoms with Crippen LogP contribution in [0.3, 0.4) is 0 Å². The maximum atomic E-state index is 12.2. The van der Waals surface area contributed by atoms with Crippen LogP contribution in [0.15, 0.2) is 57.8 Å². The minimum absolute atomic E-state index is 0.322. The number of amides is 1. The fraction of sp³-hybridized carbons (Fsp3) is 0.158. The number of hydrogen-bond acceptors (Lipinski definition) is 4. The number of benzene rings is 1. The van der Waals surface area contributed by atoms with Gasteiger partial charge in [0.1, 0.15) is 11.8 Å². The number of methoxy groups -OCH3 is 1. The van der Waals surface area contributed by atoms with Crippen molar-refractivity contribution >= 4 is 44.8 Å². The van der Waals surface area contributed by atoms with Gasteiger partial charge in [0.05, 0.1) is 7.11 Å². The van der Waals surface area contributed by atoms with Crippen LogP contribution in [0.5, 0.6) is 0 Å². The van der Waals surface area contributed by atoms with Gasteiger partial charge in [-0.1, -0.05) is 18.2 Å². The number of halogens is 1. The van der Waals surface area contributed by atoms with Crippen LogP contribution in [0.1, 0.15) is 11.3 Å². The highest BCUT2D eigenvalue weighted by Crippen LogP contribution is 2.19. The Kier molecular flexibility index (Phi) is 5.58. The highest BCUT2D eigenvalue weighted by molar-refractivity contribution is 9.10. The SMILES string of the molecule is COC(=O)C(Cc1c[nH]c2ccccc12)NC(=O)/C=C/c1ccc(Br)o1. The van der Waals surface area contributed by atoms with Gasteiger partial charge in [-0.05, 0) is 45.8 Å². The lowest BCUT2D eigenvalue weighted by molar-refractivity contribution is -0.144. The Balaban J connectivity index is 1.72. The highest BCUT2D eigenvalue weighted by Gasteiger charge is 2.22. The maximum Gasteiger partial charge on any atom is 0.328 e. The number of esters is 1. The minimum atomic E-state index is -0.792. The van der Waals surface area contributed by atoms with E-state index in [1.54, 1.807) is 12.1 Å². The van der Waals surface area contributed by atoms with Crippen LogP contribution in [0, 0.1) is 0 Å². The van der Waals surface area contributed by atoms with Gasteiger partial charge in [-0.25, -0.2) is 4.79 Å². The van der Waals surface area contributed by atoms with Crippen molar-refractivity contribution in [2.24, 2.45) is 0 Å². The number of nitrogens with one attached hydrogen (secondary N) is 2. The zero-order valence-electron chi connectivity index (χ0n) is 14.0. The second-order valence-corrected chi connectivity index (χ2v) is 6.40. The molecule has 2 heterocycles. The van der Waals surface area contributed by atoms with E-state index in [-0.39, 0.29) is 0 Å². The average Bonchev–Trinajstić information content (AvgIpc) is 3.25. The first-order valence-corrected chi connectivity index (χ1v) is 8.73. The number of ether oxygens (including phenoxy) is 1. The molecule has 1 atom stereocenters. The number of hydrogen-bond donors (Lipinski definition) is 2. The van der Waals surface area contributed by atoms with Crippen molar-refractivity contribution in [2.75, 3.05) is 7.11 Å². The Morgan fingerprint density at radius 1 is 1.31 bits per heavy atom. The van der Waals surface area contributed by atoms with Gasteiger partial charge in [0.25, 0.3) is 0 Å². The highest BCUT2D eigenvalue weighted by atomic mass is 79.9. The molecule has 2 N–H and O–H groups in total. The summed E-state index contributed by atoms with van der Waals surface area (Å²) in [5, 5.41) is 3.69. The second-order valence-electron chi connectivity index (χ2n) is 5.62. The lowest BCUT2D eigenvalue weighted by atomic mass is 10.0. The Morgan fingerprint density at radius 2 is 2.12 bits per heavy atom. The second kappa shape index (κ2) is 8.05. The van der Waals surface area contributed by atoms with E-state index in [1.807, 2.05) is 30.5 Å². The summed E-state index contributed by atoms with van der Waals surface area (Å²) in [6.45, 7) is 0. The van der Waals surface area contributed by atoms with Gasteiger partial charge >= 0.3 is 5.97 Å². The average molecular weight is 417 g/mol. The van der Waals surface area contributed by atoms with Crippen LogP contribution in [0.25, 0.3) is 17.0 Å². The third-order valence-electron chi connectivity index (χ3n) is 3.89. The number of H-pyrrole nitrogens is 1. The summed E-state index contributed by atoms with van der Waals surface area (Å²) in [7, 11) is 1.30. The number of rotatable bonds is 6. The van der Waals surface area contributed by atoms with Gasteiger partial charge in [0.2, 0.25) is 5.91 Å². The quantitative estimate of drug-likeness (QED) is 0.476. The van der Waals surface area contributed by atoms with Crippen LogP contribution in [0.4, 0.5) is 0 Å². The largest absolute Gasteiger partial charge is 0.467 e. The molecule has 0 fully saturated rings. The number of furan rings is 1. The smallest absolute Gasteiger partial charge is 0.328 e. The molecule has 0 saturated heterocycles. The molecule has 1 aromatic carbocycles. The third-order valence-corrected chi connectivity index (χ3v) is 4.32. The summed E-state index contributed by atoms with van der Waals surface area (Å²) >= 11 is 3.20. The topological polar surface area (TPSA) is 84.3 Å². The van der Waals surface area contributed by atoms with Crippen molar-refractivity contribution in [1.29, 1.82) is 0 Å². The predicted octanol–water partition coefficient (Wildman–Crippen LogP) is 3.44. The van der Waals surface area contributed by atoms with Crippen molar-refractivity contribution in [1.82, 2.24) is 10.3 Å². The first-order chi connectivity index (χ1) is 12.6. The molecule has 3 aromatic rings. The molecule has 0 bridgehead atoms. The molecule has 26 heavy (non-hydrogen) atoms. The third kappa shape index (κ3) is 4.23. The number of aromatic amines is 1. The van der Waals surface area contributed by atoms with Gasteiger partial charge in [0.15, 0.2) is 4.67 Å². The predicted molar refractivity (Wildman–Crippen MR) is 101 cm³/mol. The van der Waals surface area contributed by atoms with Crippen molar-refractivity contribution < 1.29 is 18.7 Å².